The van der Waals surface area contributed by atoms with E-state index in [1.54, 1.807) is 0 Å². The zero-order chi connectivity index (χ0) is 18.0. The highest BCUT2D eigenvalue weighted by Crippen LogP contribution is 2.43. The van der Waals surface area contributed by atoms with Crippen LogP contribution in [0.1, 0.15) is 31.4 Å². The van der Waals surface area contributed by atoms with Crippen molar-refractivity contribution in [3.05, 3.63) is 11.6 Å². The van der Waals surface area contributed by atoms with Crippen LogP contribution in [0.3, 0.4) is 0 Å². The first-order valence-electron chi connectivity index (χ1n) is 7.54. The van der Waals surface area contributed by atoms with E-state index in [1.807, 2.05) is 6.92 Å². The molecule has 2 unspecified atom stereocenters. The number of aliphatic hydroxyl groups is 1. The van der Waals surface area contributed by atoms with E-state index >= 15 is 0 Å². The van der Waals surface area contributed by atoms with Gasteiger partial charge in [0.05, 0.1) is 11.9 Å². The average molecular weight is 451 g/mol. The number of aliphatic hydroxyl groups excluding tert-OH is 1. The molecule has 0 spiro atoms. The third-order valence-corrected chi connectivity index (χ3v) is 10.2. The summed E-state index contributed by atoms with van der Waals surface area (Å²) in [7, 11) is -7.51. The SMILES string of the molecule is CCNC1CC(CCSCCO)S(=O)(=O)c2sc(S(N)(=O)=O)cc21.Cl. The van der Waals surface area contributed by atoms with E-state index in [0.29, 0.717) is 36.5 Å². The molecule has 2 heterocycles. The van der Waals surface area contributed by atoms with Crippen LogP contribution in [0.2, 0.25) is 0 Å². The lowest BCUT2D eigenvalue weighted by Gasteiger charge is -2.29. The quantitative estimate of drug-likeness (QED) is 0.506. The largest absolute Gasteiger partial charge is 0.396 e. The Balaban J connectivity index is 0.00000312. The summed E-state index contributed by atoms with van der Waals surface area (Å²) in [6, 6.07) is 1.19. The second-order valence-electron chi connectivity index (χ2n) is 5.49. The Morgan fingerprint density at radius 1 is 1.44 bits per heavy atom. The maximum absolute atomic E-state index is 12.8. The lowest BCUT2D eigenvalue weighted by molar-refractivity contribution is 0.322. The lowest BCUT2D eigenvalue weighted by Crippen LogP contribution is -2.35. The van der Waals surface area contributed by atoms with E-state index in [2.05, 4.69) is 5.32 Å². The van der Waals surface area contributed by atoms with Gasteiger partial charge in [0.2, 0.25) is 10.0 Å². The molecule has 0 amide bonds. The van der Waals surface area contributed by atoms with Gasteiger partial charge in [-0.25, -0.2) is 22.0 Å². The maximum atomic E-state index is 12.8. The van der Waals surface area contributed by atoms with E-state index in [0.717, 1.165) is 11.3 Å². The third-order valence-electron chi connectivity index (χ3n) is 3.82. The molecule has 0 fully saturated rings. The molecule has 1 aromatic rings. The molecule has 0 saturated carbocycles. The number of sulfone groups is 1. The minimum Gasteiger partial charge on any atom is -0.396 e. The molecular weight excluding hydrogens is 428 g/mol. The molecule has 0 aromatic carbocycles. The van der Waals surface area contributed by atoms with Crippen molar-refractivity contribution in [3.63, 3.8) is 0 Å². The number of halogens is 1. The van der Waals surface area contributed by atoms with Crippen molar-refractivity contribution in [2.45, 2.75) is 39.5 Å². The van der Waals surface area contributed by atoms with Crippen molar-refractivity contribution in [2.75, 3.05) is 24.7 Å². The summed E-state index contributed by atoms with van der Waals surface area (Å²) < 4.78 is 48.9. The minimum atomic E-state index is -3.93. The highest BCUT2D eigenvalue weighted by atomic mass is 35.5. The predicted molar refractivity (Wildman–Crippen MR) is 104 cm³/mol. The summed E-state index contributed by atoms with van der Waals surface area (Å²) in [5.74, 6) is 1.20. The molecule has 1 aliphatic rings. The molecule has 7 nitrogen and oxygen atoms in total. The number of thiophene rings is 1. The summed E-state index contributed by atoms with van der Waals surface area (Å²) in [5.41, 5.74) is 0.505. The number of hydrogen-bond donors (Lipinski definition) is 3. The van der Waals surface area contributed by atoms with Crippen molar-refractivity contribution < 1.29 is 21.9 Å². The van der Waals surface area contributed by atoms with Gasteiger partial charge in [0.25, 0.3) is 0 Å². The van der Waals surface area contributed by atoms with Gasteiger partial charge in [-0.2, -0.15) is 11.8 Å². The molecule has 2 rings (SSSR count). The Morgan fingerprint density at radius 3 is 2.68 bits per heavy atom. The summed E-state index contributed by atoms with van der Waals surface area (Å²) in [4.78, 5) is 0. The fourth-order valence-corrected chi connectivity index (χ4v) is 8.37. The molecule has 4 N–H and O–H groups in total. The van der Waals surface area contributed by atoms with Gasteiger partial charge >= 0.3 is 0 Å². The van der Waals surface area contributed by atoms with E-state index in [-0.39, 0.29) is 33.5 Å². The minimum absolute atomic E-state index is 0. The second-order valence-corrected chi connectivity index (χ2v) is 12.0. The highest BCUT2D eigenvalue weighted by Gasteiger charge is 2.41. The van der Waals surface area contributed by atoms with Gasteiger partial charge in [0.1, 0.15) is 8.42 Å². The van der Waals surface area contributed by atoms with Gasteiger partial charge in [-0.1, -0.05) is 6.92 Å². The first-order valence-corrected chi connectivity index (χ1v) is 12.6. The van der Waals surface area contributed by atoms with Crippen LogP contribution in [0.25, 0.3) is 0 Å². The molecule has 1 aliphatic heterocycles. The number of nitrogens with two attached hydrogens (primary N) is 1. The monoisotopic (exact) mass is 450 g/mol. The predicted octanol–water partition coefficient (Wildman–Crippen LogP) is 1.13. The molecule has 146 valence electrons. The van der Waals surface area contributed by atoms with Crippen LogP contribution in [0.4, 0.5) is 0 Å². The van der Waals surface area contributed by atoms with Crippen LogP contribution in [0.5, 0.6) is 0 Å². The number of nitrogens with one attached hydrogen (secondary N) is 1. The zero-order valence-corrected chi connectivity index (χ0v) is 17.8. The molecule has 25 heavy (non-hydrogen) atoms. The number of sulfonamides is 1. The number of primary sulfonamides is 1. The topological polar surface area (TPSA) is 127 Å². The summed E-state index contributed by atoms with van der Waals surface area (Å²) >= 11 is 2.24. The van der Waals surface area contributed by atoms with Crippen LogP contribution in [0, 0.1) is 0 Å². The highest BCUT2D eigenvalue weighted by molar-refractivity contribution is 7.99. The lowest BCUT2D eigenvalue weighted by atomic mass is 10.0. The Kier molecular flexibility index (Phi) is 8.67. The Morgan fingerprint density at radius 2 is 2.12 bits per heavy atom. The molecule has 2 atom stereocenters. The Hall–Kier alpha value is 0.120. The summed E-state index contributed by atoms with van der Waals surface area (Å²) in [5, 5.41) is 16.6. The first kappa shape index (κ1) is 23.2. The molecule has 12 heteroatoms. The van der Waals surface area contributed by atoms with Crippen molar-refractivity contribution in [1.29, 1.82) is 0 Å². The molecular formula is C13H23ClN2O5S4. The van der Waals surface area contributed by atoms with Crippen LogP contribution < -0.4 is 10.5 Å². The summed E-state index contributed by atoms with van der Waals surface area (Å²) in [6.07, 6.45) is 0.876. The molecule has 0 aliphatic carbocycles. The van der Waals surface area contributed by atoms with Gasteiger partial charge in [0, 0.05) is 17.4 Å². The maximum Gasteiger partial charge on any atom is 0.247 e. The Bertz CT molecular complexity index is 778. The van der Waals surface area contributed by atoms with E-state index in [4.69, 9.17) is 10.2 Å². The smallest absolute Gasteiger partial charge is 0.247 e. The molecule has 0 bridgehead atoms. The average Bonchev–Trinajstić information content (AvgIpc) is 2.95. The normalized spacial score (nSPS) is 22.2. The standard InChI is InChI=1S/C13H22N2O5S4.ClH/c1-2-15-11-7-9(3-5-21-6-4-16)23(17,18)13-10(11)8-12(22-13)24(14,19)20;/h8-9,11,15-16H,2-7H2,1H3,(H2,14,19,20);1H. The third kappa shape index (κ3) is 5.32. The van der Waals surface area contributed by atoms with Crippen LogP contribution >= 0.6 is 35.5 Å². The van der Waals surface area contributed by atoms with Gasteiger partial charge in [-0.15, -0.1) is 23.7 Å². The number of fused-ring (bicyclic) bond motifs is 1. The van der Waals surface area contributed by atoms with Gasteiger partial charge < -0.3 is 10.4 Å². The fourth-order valence-electron chi connectivity index (χ4n) is 2.73. The molecule has 0 saturated heterocycles. The van der Waals surface area contributed by atoms with E-state index in [9.17, 15) is 16.8 Å². The summed E-state index contributed by atoms with van der Waals surface area (Å²) in [6.45, 7) is 2.63. The first-order chi connectivity index (χ1) is 11.2. The van der Waals surface area contributed by atoms with Crippen molar-refractivity contribution in [3.8, 4) is 0 Å². The van der Waals surface area contributed by atoms with Gasteiger partial charge in [0.15, 0.2) is 9.84 Å². The second kappa shape index (κ2) is 9.36. The van der Waals surface area contributed by atoms with E-state index in [1.165, 1.54) is 17.8 Å². The fraction of sp³-hybridized carbons (Fsp3) is 0.692. The van der Waals surface area contributed by atoms with E-state index < -0.39 is 25.1 Å². The van der Waals surface area contributed by atoms with Crippen molar-refractivity contribution in [1.82, 2.24) is 5.32 Å². The Labute approximate surface area is 163 Å². The molecule has 1 aromatic heterocycles. The van der Waals surface area contributed by atoms with Crippen LogP contribution in [-0.4, -0.2) is 51.8 Å². The van der Waals surface area contributed by atoms with Crippen LogP contribution in [-0.2, 0) is 19.9 Å². The number of thioether (sulfide) groups is 1. The number of hydrogen-bond acceptors (Lipinski definition) is 8. The van der Waals surface area contributed by atoms with Gasteiger partial charge in [-0.3, -0.25) is 0 Å². The van der Waals surface area contributed by atoms with Crippen molar-refractivity contribution in [2.24, 2.45) is 5.14 Å². The van der Waals surface area contributed by atoms with Crippen LogP contribution in [0.15, 0.2) is 14.5 Å². The zero-order valence-electron chi connectivity index (χ0n) is 13.7. The van der Waals surface area contributed by atoms with Gasteiger partial charge in [-0.05, 0) is 31.2 Å². The van der Waals surface area contributed by atoms with Crippen molar-refractivity contribution >= 4 is 55.4 Å². The number of rotatable bonds is 8. The molecule has 0 radical (unpaired) electrons.